The Morgan fingerprint density at radius 1 is 1.12 bits per heavy atom. The van der Waals surface area contributed by atoms with Gasteiger partial charge < -0.3 is 25.4 Å². The van der Waals surface area contributed by atoms with Gasteiger partial charge in [0.1, 0.15) is 17.7 Å². The lowest BCUT2D eigenvalue weighted by atomic mass is 9.94. The van der Waals surface area contributed by atoms with E-state index in [4.69, 9.17) is 4.74 Å². The Morgan fingerprint density at radius 3 is 2.26 bits per heavy atom. The molecule has 2 rings (SSSR count). The monoisotopic (exact) mass is 475 g/mol. The van der Waals surface area contributed by atoms with E-state index in [2.05, 4.69) is 10.6 Å². The molecule has 0 aliphatic heterocycles. The van der Waals surface area contributed by atoms with Crippen LogP contribution >= 0.6 is 0 Å². The number of alkyl carbamates (subject to hydrolysis) is 1. The number of rotatable bonds is 9. The first kappa shape index (κ1) is 27.6. The Morgan fingerprint density at radius 2 is 1.74 bits per heavy atom. The van der Waals surface area contributed by atoms with Gasteiger partial charge in [0, 0.05) is 12.6 Å². The summed E-state index contributed by atoms with van der Waals surface area (Å²) in [6.07, 6.45) is 4.97. The number of hydrogen-bond acceptors (Lipinski definition) is 5. The normalized spacial score (nSPS) is 16.3. The molecule has 0 bridgehead atoms. The molecule has 1 aromatic rings. The molecule has 0 radical (unpaired) electrons. The van der Waals surface area contributed by atoms with Crippen molar-refractivity contribution in [1.29, 1.82) is 0 Å². The number of ether oxygens (including phenoxy) is 1. The van der Waals surface area contributed by atoms with E-state index in [0.29, 0.717) is 18.5 Å². The predicted octanol–water partition coefficient (Wildman–Crippen LogP) is 3.61. The molecule has 1 aromatic carbocycles. The van der Waals surface area contributed by atoms with Crippen molar-refractivity contribution < 1.29 is 24.2 Å². The molecule has 8 nitrogen and oxygen atoms in total. The predicted molar refractivity (Wildman–Crippen MR) is 131 cm³/mol. The van der Waals surface area contributed by atoms with Crippen LogP contribution in [0.2, 0.25) is 0 Å². The third-order valence-corrected chi connectivity index (χ3v) is 5.82. The highest BCUT2D eigenvalue weighted by atomic mass is 16.6. The first-order valence-corrected chi connectivity index (χ1v) is 12.3. The third-order valence-electron chi connectivity index (χ3n) is 5.82. The van der Waals surface area contributed by atoms with Crippen molar-refractivity contribution in [2.24, 2.45) is 0 Å². The Labute approximate surface area is 203 Å². The highest BCUT2D eigenvalue weighted by molar-refractivity contribution is 5.92. The maximum Gasteiger partial charge on any atom is 0.408 e. The zero-order valence-corrected chi connectivity index (χ0v) is 21.2. The standard InChI is InChI=1S/C26H41N3O5/c1-6-16-29(24(32)21(17-30)28-25(33)34-26(3,4)5)22(19-14-12-18(2)13-15-19)23(31)27-20-10-8-7-9-11-20/h12-15,20-22,30H,6-11,16-17H2,1-5H3,(H,27,31)(H,28,33). The van der Waals surface area contributed by atoms with Crippen LogP contribution < -0.4 is 10.6 Å². The minimum absolute atomic E-state index is 0.0845. The second-order valence-electron chi connectivity index (χ2n) is 10.1. The molecule has 0 heterocycles. The van der Waals surface area contributed by atoms with E-state index >= 15 is 0 Å². The summed E-state index contributed by atoms with van der Waals surface area (Å²) in [5, 5.41) is 15.5. The van der Waals surface area contributed by atoms with Gasteiger partial charge >= 0.3 is 6.09 Å². The summed E-state index contributed by atoms with van der Waals surface area (Å²) in [6.45, 7) is 8.71. The number of amides is 3. The highest BCUT2D eigenvalue weighted by Crippen LogP contribution is 2.25. The molecule has 0 saturated heterocycles. The zero-order valence-electron chi connectivity index (χ0n) is 21.2. The van der Waals surface area contributed by atoms with Gasteiger partial charge in [-0.25, -0.2) is 4.79 Å². The summed E-state index contributed by atoms with van der Waals surface area (Å²) in [7, 11) is 0. The fourth-order valence-electron chi connectivity index (χ4n) is 4.19. The quantitative estimate of drug-likeness (QED) is 0.506. The van der Waals surface area contributed by atoms with Crippen molar-refractivity contribution in [2.45, 2.75) is 96.9 Å². The smallest absolute Gasteiger partial charge is 0.408 e. The van der Waals surface area contributed by atoms with Crippen LogP contribution in [0.5, 0.6) is 0 Å². The molecular formula is C26H41N3O5. The number of aliphatic hydroxyl groups is 1. The largest absolute Gasteiger partial charge is 0.444 e. The second-order valence-corrected chi connectivity index (χ2v) is 10.1. The van der Waals surface area contributed by atoms with Crippen LogP contribution in [0.25, 0.3) is 0 Å². The minimum Gasteiger partial charge on any atom is -0.444 e. The van der Waals surface area contributed by atoms with Crippen molar-refractivity contribution >= 4 is 17.9 Å². The van der Waals surface area contributed by atoms with Crippen molar-refractivity contribution in [2.75, 3.05) is 13.2 Å². The van der Waals surface area contributed by atoms with Gasteiger partial charge in [0.05, 0.1) is 6.61 Å². The summed E-state index contributed by atoms with van der Waals surface area (Å²) in [5.41, 5.74) is 0.985. The molecular weight excluding hydrogens is 434 g/mol. The fourth-order valence-corrected chi connectivity index (χ4v) is 4.19. The van der Waals surface area contributed by atoms with Gasteiger partial charge in [-0.3, -0.25) is 9.59 Å². The summed E-state index contributed by atoms with van der Waals surface area (Å²) in [6, 6.07) is 5.51. The molecule has 190 valence electrons. The Hall–Kier alpha value is -2.61. The number of nitrogens with one attached hydrogen (secondary N) is 2. The number of hydrogen-bond donors (Lipinski definition) is 3. The van der Waals surface area contributed by atoms with E-state index < -0.39 is 36.3 Å². The molecule has 3 N–H and O–H groups in total. The molecule has 0 spiro atoms. The summed E-state index contributed by atoms with van der Waals surface area (Å²) in [5.74, 6) is -0.772. The SMILES string of the molecule is CCCN(C(=O)C(CO)NC(=O)OC(C)(C)C)C(C(=O)NC1CCCCC1)c1ccc(C)cc1. The summed E-state index contributed by atoms with van der Waals surface area (Å²) in [4.78, 5) is 40.9. The van der Waals surface area contributed by atoms with E-state index in [9.17, 15) is 19.5 Å². The molecule has 3 amide bonds. The molecule has 1 aliphatic rings. The number of aliphatic hydroxyl groups excluding tert-OH is 1. The van der Waals surface area contributed by atoms with E-state index in [0.717, 1.165) is 31.2 Å². The van der Waals surface area contributed by atoms with E-state index in [1.54, 1.807) is 20.8 Å². The molecule has 2 unspecified atom stereocenters. The van der Waals surface area contributed by atoms with Crippen molar-refractivity contribution in [3.05, 3.63) is 35.4 Å². The van der Waals surface area contributed by atoms with Gasteiger partial charge in [-0.05, 0) is 52.5 Å². The Balaban J connectivity index is 2.33. The second kappa shape index (κ2) is 12.7. The lowest BCUT2D eigenvalue weighted by Crippen LogP contribution is -2.55. The van der Waals surface area contributed by atoms with Crippen LogP contribution in [0.3, 0.4) is 0 Å². The molecule has 1 aliphatic carbocycles. The van der Waals surface area contributed by atoms with Gasteiger partial charge in [-0.15, -0.1) is 0 Å². The summed E-state index contributed by atoms with van der Waals surface area (Å²) >= 11 is 0. The van der Waals surface area contributed by atoms with Crippen LogP contribution in [-0.4, -0.2) is 58.8 Å². The zero-order chi connectivity index (χ0) is 25.3. The molecule has 1 fully saturated rings. The number of carbonyl (C=O) groups is 3. The van der Waals surface area contributed by atoms with Crippen LogP contribution in [0.4, 0.5) is 4.79 Å². The molecule has 0 aromatic heterocycles. The molecule has 8 heteroatoms. The van der Waals surface area contributed by atoms with Gasteiger partial charge in [-0.2, -0.15) is 0 Å². The number of aryl methyl sites for hydroxylation is 1. The van der Waals surface area contributed by atoms with Crippen LogP contribution in [0.1, 0.15) is 83.4 Å². The van der Waals surface area contributed by atoms with Gasteiger partial charge in [0.15, 0.2) is 0 Å². The van der Waals surface area contributed by atoms with E-state index in [1.807, 2.05) is 38.1 Å². The lowest BCUT2D eigenvalue weighted by Gasteiger charge is -2.35. The lowest BCUT2D eigenvalue weighted by molar-refractivity contribution is -0.143. The van der Waals surface area contributed by atoms with Crippen LogP contribution in [-0.2, 0) is 14.3 Å². The van der Waals surface area contributed by atoms with Gasteiger partial charge in [0.25, 0.3) is 0 Å². The summed E-state index contributed by atoms with van der Waals surface area (Å²) < 4.78 is 5.25. The van der Waals surface area contributed by atoms with E-state index in [-0.39, 0.29) is 11.9 Å². The van der Waals surface area contributed by atoms with Gasteiger partial charge in [-0.1, -0.05) is 56.0 Å². The molecule has 2 atom stereocenters. The molecule has 34 heavy (non-hydrogen) atoms. The average Bonchev–Trinajstić information content (AvgIpc) is 2.77. The first-order valence-electron chi connectivity index (χ1n) is 12.3. The first-order chi connectivity index (χ1) is 16.1. The van der Waals surface area contributed by atoms with Crippen molar-refractivity contribution in [3.8, 4) is 0 Å². The van der Waals surface area contributed by atoms with Crippen LogP contribution in [0, 0.1) is 6.92 Å². The van der Waals surface area contributed by atoms with Gasteiger partial charge in [0.2, 0.25) is 11.8 Å². The highest BCUT2D eigenvalue weighted by Gasteiger charge is 2.36. The number of benzene rings is 1. The Kier molecular flexibility index (Phi) is 10.4. The number of carbonyl (C=O) groups excluding carboxylic acids is 3. The van der Waals surface area contributed by atoms with Crippen LogP contribution in [0.15, 0.2) is 24.3 Å². The maximum atomic E-state index is 13.6. The Bertz CT molecular complexity index is 813. The minimum atomic E-state index is -1.23. The van der Waals surface area contributed by atoms with E-state index in [1.165, 1.54) is 11.3 Å². The van der Waals surface area contributed by atoms with Crippen molar-refractivity contribution in [3.63, 3.8) is 0 Å². The average molecular weight is 476 g/mol. The topological polar surface area (TPSA) is 108 Å². The molecule has 1 saturated carbocycles. The third kappa shape index (κ3) is 8.31. The fraction of sp³-hybridized carbons (Fsp3) is 0.654. The maximum absolute atomic E-state index is 13.6. The number of nitrogens with zero attached hydrogens (tertiary/aromatic N) is 1. The van der Waals surface area contributed by atoms with Crippen molar-refractivity contribution in [1.82, 2.24) is 15.5 Å².